The Morgan fingerprint density at radius 1 is 1.39 bits per heavy atom. The van der Waals surface area contributed by atoms with Crippen LogP contribution in [0.2, 0.25) is 0 Å². The number of rotatable bonds is 4. The Labute approximate surface area is 110 Å². The van der Waals surface area contributed by atoms with Crippen LogP contribution in [-0.2, 0) is 6.54 Å². The van der Waals surface area contributed by atoms with Gasteiger partial charge in [0, 0.05) is 24.3 Å². The Bertz CT molecular complexity index is 392. The fourth-order valence-corrected chi connectivity index (χ4v) is 2.79. The first-order valence-electron chi connectivity index (χ1n) is 6.91. The van der Waals surface area contributed by atoms with Crippen molar-refractivity contribution in [3.8, 4) is 5.75 Å². The number of nitrogens with two attached hydrogens (primary N) is 1. The second kappa shape index (κ2) is 6.10. The molecule has 3 heteroatoms. The molecule has 0 bridgehead atoms. The van der Waals surface area contributed by atoms with Crippen LogP contribution in [0.4, 0.5) is 5.69 Å². The molecule has 1 aliphatic heterocycles. The van der Waals surface area contributed by atoms with E-state index in [4.69, 9.17) is 10.5 Å². The number of hydrogen-bond acceptors (Lipinski definition) is 3. The average molecular weight is 248 g/mol. The molecule has 3 nitrogen and oxygen atoms in total. The zero-order chi connectivity index (χ0) is 13.0. The predicted molar refractivity (Wildman–Crippen MR) is 75.7 cm³/mol. The lowest BCUT2D eigenvalue weighted by molar-refractivity contribution is 0.136. The Morgan fingerprint density at radius 3 is 2.89 bits per heavy atom. The molecule has 0 saturated carbocycles. The molecule has 0 aliphatic carbocycles. The molecule has 2 rings (SSSR count). The van der Waals surface area contributed by atoms with Gasteiger partial charge in [-0.25, -0.2) is 0 Å². The van der Waals surface area contributed by atoms with Crippen molar-refractivity contribution in [2.24, 2.45) is 0 Å². The van der Waals surface area contributed by atoms with Crippen molar-refractivity contribution in [1.29, 1.82) is 0 Å². The quantitative estimate of drug-likeness (QED) is 0.832. The van der Waals surface area contributed by atoms with E-state index >= 15 is 0 Å². The van der Waals surface area contributed by atoms with Crippen LogP contribution in [0.25, 0.3) is 0 Å². The number of hydrogen-bond donors (Lipinski definition) is 1. The Balaban J connectivity index is 2.07. The van der Waals surface area contributed by atoms with Crippen LogP contribution in [0.15, 0.2) is 18.2 Å². The van der Waals surface area contributed by atoms with E-state index in [0.29, 0.717) is 0 Å². The number of benzene rings is 1. The molecule has 100 valence electrons. The third kappa shape index (κ3) is 2.96. The predicted octanol–water partition coefficient (Wildman–Crippen LogP) is 3.04. The van der Waals surface area contributed by atoms with Gasteiger partial charge in [-0.05, 0) is 37.4 Å². The summed E-state index contributed by atoms with van der Waals surface area (Å²) in [7, 11) is 1.67. The molecule has 1 unspecified atom stereocenters. The highest BCUT2D eigenvalue weighted by atomic mass is 16.5. The van der Waals surface area contributed by atoms with Crippen LogP contribution < -0.4 is 10.5 Å². The van der Waals surface area contributed by atoms with E-state index in [0.717, 1.165) is 24.0 Å². The van der Waals surface area contributed by atoms with E-state index in [9.17, 15) is 0 Å². The SMILES string of the molecule is CCC1CCCCN1Cc1ccc(OC)cc1N. The molecule has 0 radical (unpaired) electrons. The summed E-state index contributed by atoms with van der Waals surface area (Å²) in [6.45, 7) is 4.44. The van der Waals surface area contributed by atoms with Crippen LogP contribution in [0.3, 0.4) is 0 Å². The maximum absolute atomic E-state index is 6.09. The summed E-state index contributed by atoms with van der Waals surface area (Å²) in [5.74, 6) is 0.835. The minimum absolute atomic E-state index is 0.722. The van der Waals surface area contributed by atoms with Crippen molar-refractivity contribution in [3.63, 3.8) is 0 Å². The van der Waals surface area contributed by atoms with Gasteiger partial charge in [0.15, 0.2) is 0 Å². The monoisotopic (exact) mass is 248 g/mol. The molecule has 1 aromatic rings. The molecule has 1 aliphatic rings. The molecule has 1 saturated heterocycles. The van der Waals surface area contributed by atoms with E-state index in [1.807, 2.05) is 12.1 Å². The Kier molecular flexibility index (Phi) is 4.48. The van der Waals surface area contributed by atoms with Crippen LogP contribution in [-0.4, -0.2) is 24.6 Å². The molecule has 1 aromatic carbocycles. The number of nitrogens with zero attached hydrogens (tertiary/aromatic N) is 1. The third-order valence-electron chi connectivity index (χ3n) is 3.95. The van der Waals surface area contributed by atoms with E-state index in [-0.39, 0.29) is 0 Å². The Morgan fingerprint density at radius 2 is 2.22 bits per heavy atom. The number of piperidine rings is 1. The first-order chi connectivity index (χ1) is 8.74. The van der Waals surface area contributed by atoms with Crippen LogP contribution in [0.1, 0.15) is 38.2 Å². The van der Waals surface area contributed by atoms with Gasteiger partial charge in [0.05, 0.1) is 7.11 Å². The van der Waals surface area contributed by atoms with Crippen molar-refractivity contribution in [2.75, 3.05) is 19.4 Å². The minimum Gasteiger partial charge on any atom is -0.497 e. The third-order valence-corrected chi connectivity index (χ3v) is 3.95. The van der Waals surface area contributed by atoms with Gasteiger partial charge in [-0.2, -0.15) is 0 Å². The molecular formula is C15H24N2O. The lowest BCUT2D eigenvalue weighted by Gasteiger charge is -2.35. The molecule has 2 N–H and O–H groups in total. The topological polar surface area (TPSA) is 38.5 Å². The van der Waals surface area contributed by atoms with Crippen molar-refractivity contribution in [3.05, 3.63) is 23.8 Å². The fraction of sp³-hybridized carbons (Fsp3) is 0.600. The summed E-state index contributed by atoms with van der Waals surface area (Å²) in [4.78, 5) is 2.57. The number of ether oxygens (including phenoxy) is 1. The second-order valence-corrected chi connectivity index (χ2v) is 5.09. The molecule has 0 aromatic heterocycles. The first-order valence-corrected chi connectivity index (χ1v) is 6.91. The number of nitrogen functional groups attached to an aromatic ring is 1. The molecular weight excluding hydrogens is 224 g/mol. The summed E-state index contributed by atoms with van der Waals surface area (Å²) < 4.78 is 5.19. The van der Waals surface area contributed by atoms with Gasteiger partial charge < -0.3 is 10.5 Å². The molecule has 1 atom stereocenters. The van der Waals surface area contributed by atoms with Crippen LogP contribution in [0, 0.1) is 0 Å². The summed E-state index contributed by atoms with van der Waals surface area (Å²) >= 11 is 0. The largest absolute Gasteiger partial charge is 0.497 e. The summed E-state index contributed by atoms with van der Waals surface area (Å²) in [5.41, 5.74) is 8.16. The van der Waals surface area contributed by atoms with E-state index < -0.39 is 0 Å². The minimum atomic E-state index is 0.722. The zero-order valence-corrected chi connectivity index (χ0v) is 11.5. The lowest BCUT2D eigenvalue weighted by Crippen LogP contribution is -2.38. The molecule has 18 heavy (non-hydrogen) atoms. The molecule has 0 spiro atoms. The van der Waals surface area contributed by atoms with Gasteiger partial charge in [0.2, 0.25) is 0 Å². The van der Waals surface area contributed by atoms with Crippen molar-refractivity contribution < 1.29 is 4.74 Å². The van der Waals surface area contributed by atoms with Gasteiger partial charge in [0.25, 0.3) is 0 Å². The van der Waals surface area contributed by atoms with Gasteiger partial charge in [-0.1, -0.05) is 19.4 Å². The lowest BCUT2D eigenvalue weighted by atomic mass is 9.99. The fourth-order valence-electron chi connectivity index (χ4n) is 2.79. The average Bonchev–Trinajstić information content (AvgIpc) is 2.41. The van der Waals surface area contributed by atoms with Crippen LogP contribution in [0.5, 0.6) is 5.75 Å². The van der Waals surface area contributed by atoms with E-state index in [2.05, 4.69) is 17.9 Å². The Hall–Kier alpha value is -1.22. The normalized spacial score (nSPS) is 20.9. The van der Waals surface area contributed by atoms with Crippen molar-refractivity contribution in [2.45, 2.75) is 45.2 Å². The molecule has 0 amide bonds. The van der Waals surface area contributed by atoms with Crippen molar-refractivity contribution >= 4 is 5.69 Å². The summed E-state index contributed by atoms with van der Waals surface area (Å²) in [5, 5.41) is 0. The van der Waals surface area contributed by atoms with E-state index in [1.165, 1.54) is 37.8 Å². The molecule has 1 heterocycles. The van der Waals surface area contributed by atoms with Crippen LogP contribution >= 0.6 is 0 Å². The number of likely N-dealkylation sites (tertiary alicyclic amines) is 1. The number of methoxy groups -OCH3 is 1. The van der Waals surface area contributed by atoms with Crippen molar-refractivity contribution in [1.82, 2.24) is 4.90 Å². The number of anilines is 1. The summed E-state index contributed by atoms with van der Waals surface area (Å²) in [6.07, 6.45) is 5.24. The first kappa shape index (κ1) is 13.2. The smallest absolute Gasteiger partial charge is 0.120 e. The highest BCUT2D eigenvalue weighted by Gasteiger charge is 2.21. The maximum Gasteiger partial charge on any atom is 0.120 e. The van der Waals surface area contributed by atoms with E-state index in [1.54, 1.807) is 7.11 Å². The maximum atomic E-state index is 6.09. The van der Waals surface area contributed by atoms with Gasteiger partial charge in [0.1, 0.15) is 5.75 Å². The van der Waals surface area contributed by atoms with Gasteiger partial charge in [-0.15, -0.1) is 0 Å². The second-order valence-electron chi connectivity index (χ2n) is 5.09. The molecule has 1 fully saturated rings. The highest BCUT2D eigenvalue weighted by Crippen LogP contribution is 2.25. The van der Waals surface area contributed by atoms with Gasteiger partial charge >= 0.3 is 0 Å². The standard InChI is InChI=1S/C15H24N2O/c1-3-13-6-4-5-9-17(13)11-12-7-8-14(18-2)10-15(12)16/h7-8,10,13H,3-6,9,11,16H2,1-2H3. The van der Waals surface area contributed by atoms with Gasteiger partial charge in [-0.3, -0.25) is 4.90 Å². The zero-order valence-electron chi connectivity index (χ0n) is 11.5. The highest BCUT2D eigenvalue weighted by molar-refractivity contribution is 5.51. The summed E-state index contributed by atoms with van der Waals surface area (Å²) in [6, 6.07) is 6.73.